The average molecular weight is 463 g/mol. The van der Waals surface area contributed by atoms with Crippen LogP contribution in [0.2, 0.25) is 0 Å². The summed E-state index contributed by atoms with van der Waals surface area (Å²) in [5.74, 6) is -0.259. The van der Waals surface area contributed by atoms with Gasteiger partial charge in [-0.2, -0.15) is 12.7 Å². The molecule has 0 bridgehead atoms. The molecule has 10 heteroatoms. The molecule has 0 unspecified atom stereocenters. The van der Waals surface area contributed by atoms with Crippen molar-refractivity contribution < 1.29 is 22.7 Å². The lowest BCUT2D eigenvalue weighted by atomic mass is 10.1. The Labute approximate surface area is 189 Å². The van der Waals surface area contributed by atoms with Crippen LogP contribution in [0.4, 0.5) is 5.69 Å². The normalized spacial score (nSPS) is 12.2. The molecule has 1 N–H and O–H groups in total. The van der Waals surface area contributed by atoms with Gasteiger partial charge in [-0.05, 0) is 36.8 Å². The molecule has 2 rings (SSSR count). The van der Waals surface area contributed by atoms with E-state index in [9.17, 15) is 18.0 Å². The number of carbonyl (C=O) groups is 2. The molecule has 0 aliphatic rings. The van der Waals surface area contributed by atoms with Gasteiger partial charge in [0, 0.05) is 27.7 Å². The van der Waals surface area contributed by atoms with Gasteiger partial charge >= 0.3 is 10.2 Å². The van der Waals surface area contributed by atoms with Crippen molar-refractivity contribution in [3.05, 3.63) is 60.2 Å². The third-order valence-electron chi connectivity index (χ3n) is 4.96. The summed E-state index contributed by atoms with van der Waals surface area (Å²) in [7, 11) is 1.87. The van der Waals surface area contributed by atoms with Crippen LogP contribution >= 0.6 is 0 Å². The SMILES string of the molecule is CNC(=O)[C@H](C)N(Cc1cccc(OC)c1)C(=O)CN(c1ccccc1)S(=O)(=O)N(C)C. The number of nitrogens with one attached hydrogen (secondary N) is 1. The van der Waals surface area contributed by atoms with Gasteiger partial charge in [0.05, 0.1) is 12.8 Å². The quantitative estimate of drug-likeness (QED) is 0.577. The molecule has 2 aromatic rings. The molecule has 2 aromatic carbocycles. The zero-order chi connectivity index (χ0) is 23.9. The highest BCUT2D eigenvalue weighted by Gasteiger charge is 2.32. The zero-order valence-electron chi connectivity index (χ0n) is 19.0. The number of anilines is 1. The van der Waals surface area contributed by atoms with Gasteiger partial charge in [0.2, 0.25) is 11.8 Å². The third kappa shape index (κ3) is 5.98. The lowest BCUT2D eigenvalue weighted by Gasteiger charge is -2.32. The van der Waals surface area contributed by atoms with Crippen LogP contribution in [0.25, 0.3) is 0 Å². The first-order valence-electron chi connectivity index (χ1n) is 10.0. The lowest BCUT2D eigenvalue weighted by molar-refractivity contribution is -0.139. The van der Waals surface area contributed by atoms with Gasteiger partial charge in [-0.15, -0.1) is 0 Å². The summed E-state index contributed by atoms with van der Waals surface area (Å²) in [4.78, 5) is 27.1. The summed E-state index contributed by atoms with van der Waals surface area (Å²) in [5, 5.41) is 2.54. The highest BCUT2D eigenvalue weighted by Crippen LogP contribution is 2.21. The number of likely N-dealkylation sites (N-methyl/N-ethyl adjacent to an activating group) is 1. The Hall–Kier alpha value is -3.11. The summed E-state index contributed by atoms with van der Waals surface area (Å²) in [5.41, 5.74) is 1.10. The number of carbonyl (C=O) groups excluding carboxylic acids is 2. The molecule has 2 amide bonds. The van der Waals surface area contributed by atoms with Crippen LogP contribution in [0, 0.1) is 0 Å². The molecule has 32 heavy (non-hydrogen) atoms. The van der Waals surface area contributed by atoms with Crippen LogP contribution in [-0.2, 0) is 26.3 Å². The number of para-hydroxylation sites is 1. The Bertz CT molecular complexity index is 1030. The Morgan fingerprint density at radius 3 is 2.28 bits per heavy atom. The van der Waals surface area contributed by atoms with E-state index >= 15 is 0 Å². The van der Waals surface area contributed by atoms with Gasteiger partial charge in [0.15, 0.2) is 0 Å². The zero-order valence-corrected chi connectivity index (χ0v) is 19.8. The fourth-order valence-electron chi connectivity index (χ4n) is 3.07. The Kier molecular flexibility index (Phi) is 8.62. The molecule has 0 heterocycles. The molecular weight excluding hydrogens is 432 g/mol. The molecule has 0 saturated carbocycles. The summed E-state index contributed by atoms with van der Waals surface area (Å²) in [6, 6.07) is 14.7. The summed E-state index contributed by atoms with van der Waals surface area (Å²) < 4.78 is 33.3. The second-order valence-electron chi connectivity index (χ2n) is 7.30. The topological polar surface area (TPSA) is 99.3 Å². The van der Waals surface area contributed by atoms with Crippen molar-refractivity contribution >= 4 is 27.7 Å². The van der Waals surface area contributed by atoms with E-state index in [0.717, 1.165) is 14.2 Å². The molecule has 0 radical (unpaired) electrons. The Morgan fingerprint density at radius 2 is 1.72 bits per heavy atom. The van der Waals surface area contributed by atoms with Crippen LogP contribution in [0.5, 0.6) is 5.75 Å². The van der Waals surface area contributed by atoms with Crippen molar-refractivity contribution in [1.29, 1.82) is 0 Å². The highest BCUT2D eigenvalue weighted by molar-refractivity contribution is 7.90. The van der Waals surface area contributed by atoms with Crippen LogP contribution in [-0.4, -0.2) is 70.3 Å². The molecule has 9 nitrogen and oxygen atoms in total. The van der Waals surface area contributed by atoms with E-state index < -0.39 is 28.7 Å². The molecule has 1 atom stereocenters. The number of rotatable bonds is 10. The maximum absolute atomic E-state index is 13.4. The van der Waals surface area contributed by atoms with E-state index in [1.54, 1.807) is 62.6 Å². The van der Waals surface area contributed by atoms with Crippen molar-refractivity contribution in [2.24, 2.45) is 0 Å². The summed E-state index contributed by atoms with van der Waals surface area (Å²) in [6.45, 7) is 1.25. The number of methoxy groups -OCH3 is 1. The largest absolute Gasteiger partial charge is 0.497 e. The Morgan fingerprint density at radius 1 is 1.06 bits per heavy atom. The van der Waals surface area contributed by atoms with Gasteiger partial charge in [0.1, 0.15) is 18.3 Å². The predicted octanol–water partition coefficient (Wildman–Crippen LogP) is 1.47. The predicted molar refractivity (Wildman–Crippen MR) is 123 cm³/mol. The van der Waals surface area contributed by atoms with Crippen LogP contribution in [0.1, 0.15) is 12.5 Å². The van der Waals surface area contributed by atoms with Gasteiger partial charge < -0.3 is 15.0 Å². The van der Waals surface area contributed by atoms with Crippen molar-refractivity contribution in [2.45, 2.75) is 19.5 Å². The van der Waals surface area contributed by atoms with Crippen LogP contribution in [0.3, 0.4) is 0 Å². The fourth-order valence-corrected chi connectivity index (χ4v) is 4.13. The van der Waals surface area contributed by atoms with E-state index in [4.69, 9.17) is 4.74 Å². The lowest BCUT2D eigenvalue weighted by Crippen LogP contribution is -2.52. The maximum Gasteiger partial charge on any atom is 0.304 e. The highest BCUT2D eigenvalue weighted by atomic mass is 32.2. The molecule has 0 spiro atoms. The summed E-state index contributed by atoms with van der Waals surface area (Å²) >= 11 is 0. The second kappa shape index (κ2) is 11.0. The van der Waals surface area contributed by atoms with E-state index in [-0.39, 0.29) is 12.5 Å². The number of nitrogens with zero attached hydrogens (tertiary/aromatic N) is 3. The third-order valence-corrected chi connectivity index (χ3v) is 6.78. The minimum absolute atomic E-state index is 0.106. The average Bonchev–Trinajstić information content (AvgIpc) is 2.80. The smallest absolute Gasteiger partial charge is 0.304 e. The van der Waals surface area contributed by atoms with E-state index in [0.29, 0.717) is 11.4 Å². The van der Waals surface area contributed by atoms with Crippen molar-refractivity contribution in [2.75, 3.05) is 39.1 Å². The van der Waals surface area contributed by atoms with E-state index in [1.807, 2.05) is 6.07 Å². The van der Waals surface area contributed by atoms with Crippen molar-refractivity contribution in [3.8, 4) is 5.75 Å². The number of ether oxygens (including phenoxy) is 1. The molecular formula is C22H30N4O5S. The first kappa shape index (κ1) is 25.2. The number of benzene rings is 2. The van der Waals surface area contributed by atoms with Gasteiger partial charge in [-0.3, -0.25) is 9.59 Å². The standard InChI is InChI=1S/C22H30N4O5S/c1-17(22(28)23-2)25(15-18-10-9-13-20(14-18)31-5)21(27)16-26(32(29,30)24(3)4)19-11-7-6-8-12-19/h6-14,17H,15-16H2,1-5H3,(H,23,28)/t17-/m0/s1. The molecule has 0 aliphatic carbocycles. The van der Waals surface area contributed by atoms with E-state index in [1.165, 1.54) is 26.0 Å². The molecule has 174 valence electrons. The van der Waals surface area contributed by atoms with Gasteiger partial charge in [-0.25, -0.2) is 4.31 Å². The van der Waals surface area contributed by atoms with Gasteiger partial charge in [0.25, 0.3) is 0 Å². The van der Waals surface area contributed by atoms with Crippen molar-refractivity contribution in [3.63, 3.8) is 0 Å². The van der Waals surface area contributed by atoms with Crippen LogP contribution in [0.15, 0.2) is 54.6 Å². The first-order valence-corrected chi connectivity index (χ1v) is 11.4. The fraction of sp³-hybridized carbons (Fsp3) is 0.364. The minimum atomic E-state index is -3.96. The number of hydrogen-bond acceptors (Lipinski definition) is 5. The maximum atomic E-state index is 13.4. The van der Waals surface area contributed by atoms with Gasteiger partial charge in [-0.1, -0.05) is 30.3 Å². The Balaban J connectivity index is 2.42. The molecule has 0 aromatic heterocycles. The minimum Gasteiger partial charge on any atom is -0.497 e. The number of hydrogen-bond donors (Lipinski definition) is 1. The molecule has 0 fully saturated rings. The second-order valence-corrected chi connectivity index (χ2v) is 9.36. The molecule has 0 saturated heterocycles. The number of amides is 2. The first-order chi connectivity index (χ1) is 15.1. The molecule has 0 aliphatic heterocycles. The summed E-state index contributed by atoms with van der Waals surface area (Å²) in [6.07, 6.45) is 0. The monoisotopic (exact) mass is 462 g/mol. The van der Waals surface area contributed by atoms with Crippen molar-refractivity contribution in [1.82, 2.24) is 14.5 Å². The van der Waals surface area contributed by atoms with E-state index in [2.05, 4.69) is 5.32 Å². The van der Waals surface area contributed by atoms with Crippen LogP contribution < -0.4 is 14.4 Å².